The molecule has 0 aliphatic heterocycles. The van der Waals surface area contributed by atoms with Gasteiger partial charge in [-0.15, -0.1) is 0 Å². The maximum atomic E-state index is 5.99. The molecule has 0 heterocycles. The zero-order chi connectivity index (χ0) is 12.3. The molecule has 0 saturated heterocycles. The van der Waals surface area contributed by atoms with Crippen LogP contribution in [0.1, 0.15) is 5.56 Å². The number of rotatable bonds is 3. The van der Waals surface area contributed by atoms with Crippen molar-refractivity contribution in [1.82, 2.24) is 4.90 Å². The summed E-state index contributed by atoms with van der Waals surface area (Å²) in [6.45, 7) is 0.968. The molecule has 0 amide bonds. The number of halogens is 1. The second kappa shape index (κ2) is 5.35. The van der Waals surface area contributed by atoms with Crippen LogP contribution in [0.4, 0.5) is 0 Å². The van der Waals surface area contributed by atoms with E-state index in [9.17, 15) is 0 Å². The van der Waals surface area contributed by atoms with Crippen molar-refractivity contribution in [1.29, 1.82) is 0 Å². The van der Waals surface area contributed by atoms with E-state index in [1.54, 1.807) is 0 Å². The third-order valence-corrected chi connectivity index (χ3v) is 2.85. The summed E-state index contributed by atoms with van der Waals surface area (Å²) in [7, 11) is 4.15. The summed E-state index contributed by atoms with van der Waals surface area (Å²) in [5.74, 6) is 0. The molecule has 88 valence electrons. The highest BCUT2D eigenvalue weighted by molar-refractivity contribution is 6.30. The highest BCUT2D eigenvalue weighted by Crippen LogP contribution is 2.23. The summed E-state index contributed by atoms with van der Waals surface area (Å²) in [5, 5.41) is 0.778. The largest absolute Gasteiger partial charge is 0.305 e. The zero-order valence-electron chi connectivity index (χ0n) is 10.2. The van der Waals surface area contributed by atoms with Crippen LogP contribution >= 0.6 is 11.6 Å². The Balaban J connectivity index is 2.23. The van der Waals surface area contributed by atoms with Gasteiger partial charge in [0.25, 0.3) is 0 Å². The molecule has 0 aromatic heterocycles. The lowest BCUT2D eigenvalue weighted by atomic mass is 10.0. The SMILES string of the molecule is CN(C)Cc1ccc(-c2cccc(Cl)c2)cc1. The molecule has 0 fully saturated rings. The molecular weight excluding hydrogens is 230 g/mol. The predicted octanol–water partition coefficient (Wildman–Crippen LogP) is 4.07. The van der Waals surface area contributed by atoms with E-state index < -0.39 is 0 Å². The van der Waals surface area contributed by atoms with Gasteiger partial charge in [-0.1, -0.05) is 48.0 Å². The number of hydrogen-bond acceptors (Lipinski definition) is 1. The smallest absolute Gasteiger partial charge is 0.0412 e. The third-order valence-electron chi connectivity index (χ3n) is 2.61. The first kappa shape index (κ1) is 12.2. The first-order chi connectivity index (χ1) is 8.15. The summed E-state index contributed by atoms with van der Waals surface area (Å²) in [6, 6.07) is 16.5. The molecule has 0 saturated carbocycles. The Morgan fingerprint density at radius 3 is 2.24 bits per heavy atom. The monoisotopic (exact) mass is 245 g/mol. The molecule has 0 aliphatic rings. The van der Waals surface area contributed by atoms with Crippen LogP contribution in [0.2, 0.25) is 5.02 Å². The fraction of sp³-hybridized carbons (Fsp3) is 0.200. The summed E-state index contributed by atoms with van der Waals surface area (Å²) in [4.78, 5) is 2.16. The van der Waals surface area contributed by atoms with Crippen molar-refractivity contribution >= 4 is 11.6 Å². The zero-order valence-corrected chi connectivity index (χ0v) is 10.9. The van der Waals surface area contributed by atoms with E-state index in [1.807, 2.05) is 18.2 Å². The van der Waals surface area contributed by atoms with Crippen molar-refractivity contribution in [2.75, 3.05) is 14.1 Å². The molecule has 0 radical (unpaired) electrons. The molecule has 17 heavy (non-hydrogen) atoms. The quantitative estimate of drug-likeness (QED) is 0.788. The Kier molecular flexibility index (Phi) is 3.82. The molecule has 0 atom stereocenters. The van der Waals surface area contributed by atoms with Gasteiger partial charge in [-0.2, -0.15) is 0 Å². The standard InChI is InChI=1S/C15H16ClN/c1-17(2)11-12-6-8-13(9-7-12)14-4-3-5-15(16)10-14/h3-10H,11H2,1-2H3. The van der Waals surface area contributed by atoms with Gasteiger partial charge in [0, 0.05) is 11.6 Å². The van der Waals surface area contributed by atoms with Crippen molar-refractivity contribution in [2.45, 2.75) is 6.54 Å². The third kappa shape index (κ3) is 3.32. The first-order valence-corrected chi connectivity index (χ1v) is 6.02. The summed E-state index contributed by atoms with van der Waals surface area (Å²) in [6.07, 6.45) is 0. The van der Waals surface area contributed by atoms with Crippen LogP contribution in [-0.4, -0.2) is 19.0 Å². The normalized spacial score (nSPS) is 10.8. The van der Waals surface area contributed by atoms with Crippen molar-refractivity contribution in [3.05, 3.63) is 59.1 Å². The Hall–Kier alpha value is -1.31. The van der Waals surface area contributed by atoms with Gasteiger partial charge in [0.05, 0.1) is 0 Å². The van der Waals surface area contributed by atoms with Crippen LogP contribution in [-0.2, 0) is 6.54 Å². The van der Waals surface area contributed by atoms with E-state index >= 15 is 0 Å². The van der Waals surface area contributed by atoms with Gasteiger partial charge in [0.15, 0.2) is 0 Å². The lowest BCUT2D eigenvalue weighted by Gasteiger charge is -2.10. The lowest BCUT2D eigenvalue weighted by molar-refractivity contribution is 0.402. The van der Waals surface area contributed by atoms with Gasteiger partial charge >= 0.3 is 0 Å². The van der Waals surface area contributed by atoms with Gasteiger partial charge in [-0.05, 0) is 42.9 Å². The maximum Gasteiger partial charge on any atom is 0.0412 e. The van der Waals surface area contributed by atoms with Gasteiger partial charge in [0.2, 0.25) is 0 Å². The van der Waals surface area contributed by atoms with E-state index in [1.165, 1.54) is 11.1 Å². The first-order valence-electron chi connectivity index (χ1n) is 5.65. The topological polar surface area (TPSA) is 3.24 Å². The molecule has 0 unspecified atom stereocenters. The van der Waals surface area contributed by atoms with Gasteiger partial charge in [-0.25, -0.2) is 0 Å². The van der Waals surface area contributed by atoms with Crippen molar-refractivity contribution in [3.63, 3.8) is 0 Å². The van der Waals surface area contributed by atoms with Crippen molar-refractivity contribution in [3.8, 4) is 11.1 Å². The molecular formula is C15H16ClN. The van der Waals surface area contributed by atoms with Gasteiger partial charge < -0.3 is 4.90 Å². The average molecular weight is 246 g/mol. The van der Waals surface area contributed by atoms with E-state index in [0.29, 0.717) is 0 Å². The van der Waals surface area contributed by atoms with Gasteiger partial charge in [-0.3, -0.25) is 0 Å². The van der Waals surface area contributed by atoms with E-state index in [4.69, 9.17) is 11.6 Å². The molecule has 2 heteroatoms. The second-order valence-electron chi connectivity index (χ2n) is 4.45. The molecule has 2 aromatic rings. The van der Waals surface area contributed by atoms with Gasteiger partial charge in [0.1, 0.15) is 0 Å². The Morgan fingerprint density at radius 2 is 1.65 bits per heavy atom. The fourth-order valence-electron chi connectivity index (χ4n) is 1.84. The Morgan fingerprint density at radius 1 is 0.941 bits per heavy atom. The van der Waals surface area contributed by atoms with Crippen molar-refractivity contribution in [2.24, 2.45) is 0 Å². The number of hydrogen-bond donors (Lipinski definition) is 0. The van der Waals surface area contributed by atoms with Crippen LogP contribution in [0, 0.1) is 0 Å². The Labute approximate surface area is 108 Å². The highest BCUT2D eigenvalue weighted by Gasteiger charge is 1.99. The molecule has 2 aromatic carbocycles. The Bertz CT molecular complexity index is 489. The van der Waals surface area contributed by atoms with Crippen LogP contribution in [0.25, 0.3) is 11.1 Å². The van der Waals surface area contributed by atoms with Crippen LogP contribution in [0.5, 0.6) is 0 Å². The summed E-state index contributed by atoms with van der Waals surface area (Å²) in [5.41, 5.74) is 3.68. The van der Waals surface area contributed by atoms with E-state index in [0.717, 1.165) is 17.1 Å². The molecule has 0 aliphatic carbocycles. The molecule has 0 spiro atoms. The number of benzene rings is 2. The van der Waals surface area contributed by atoms with Crippen LogP contribution < -0.4 is 0 Å². The molecule has 1 nitrogen and oxygen atoms in total. The maximum absolute atomic E-state index is 5.99. The van der Waals surface area contributed by atoms with E-state index in [2.05, 4.69) is 49.3 Å². The minimum atomic E-state index is 0.778. The molecule has 0 N–H and O–H groups in total. The van der Waals surface area contributed by atoms with Crippen molar-refractivity contribution < 1.29 is 0 Å². The minimum Gasteiger partial charge on any atom is -0.305 e. The average Bonchev–Trinajstić information content (AvgIpc) is 2.29. The summed E-state index contributed by atoms with van der Waals surface area (Å²) < 4.78 is 0. The fourth-order valence-corrected chi connectivity index (χ4v) is 2.03. The highest BCUT2D eigenvalue weighted by atomic mass is 35.5. The molecule has 0 bridgehead atoms. The van der Waals surface area contributed by atoms with Crippen LogP contribution in [0.3, 0.4) is 0 Å². The van der Waals surface area contributed by atoms with Crippen LogP contribution in [0.15, 0.2) is 48.5 Å². The second-order valence-corrected chi connectivity index (χ2v) is 4.88. The number of nitrogens with zero attached hydrogens (tertiary/aromatic N) is 1. The predicted molar refractivity (Wildman–Crippen MR) is 74.3 cm³/mol. The summed E-state index contributed by atoms with van der Waals surface area (Å²) >= 11 is 5.99. The van der Waals surface area contributed by atoms with E-state index in [-0.39, 0.29) is 0 Å². The lowest BCUT2D eigenvalue weighted by Crippen LogP contribution is -2.10. The molecule has 2 rings (SSSR count). The minimum absolute atomic E-state index is 0.778.